The topological polar surface area (TPSA) is 49.6 Å². The molecular weight excluding hydrogens is 290 g/mol. The van der Waals surface area contributed by atoms with Crippen LogP contribution in [0.1, 0.15) is 69.1 Å². The lowest BCUT2D eigenvalue weighted by Gasteiger charge is -2.27. The van der Waals surface area contributed by atoms with Gasteiger partial charge in [0.15, 0.2) is 5.69 Å². The highest BCUT2D eigenvalue weighted by atomic mass is 16.5. The molecule has 1 saturated heterocycles. The predicted octanol–water partition coefficient (Wildman–Crippen LogP) is 3.06. The molecule has 2 fully saturated rings. The molecule has 128 valence electrons. The molecule has 1 amide bonds. The van der Waals surface area contributed by atoms with E-state index in [0.717, 1.165) is 44.4 Å². The SMILES string of the molecule is CC(C)(C)c1cc(C(=O)N2CCCN(C3CCCC3)CC2)no1. The van der Waals surface area contributed by atoms with Gasteiger partial charge in [0.05, 0.1) is 0 Å². The molecule has 1 saturated carbocycles. The molecule has 2 heterocycles. The van der Waals surface area contributed by atoms with E-state index in [-0.39, 0.29) is 11.3 Å². The number of rotatable bonds is 2. The molecule has 1 aromatic rings. The number of hydrogen-bond acceptors (Lipinski definition) is 4. The fraction of sp³-hybridized carbons (Fsp3) is 0.778. The Labute approximate surface area is 139 Å². The minimum atomic E-state index is -0.121. The van der Waals surface area contributed by atoms with Gasteiger partial charge in [-0.15, -0.1) is 0 Å². The molecule has 23 heavy (non-hydrogen) atoms. The quantitative estimate of drug-likeness (QED) is 0.840. The van der Waals surface area contributed by atoms with E-state index in [0.29, 0.717) is 5.69 Å². The van der Waals surface area contributed by atoms with Crippen molar-refractivity contribution in [3.8, 4) is 0 Å². The van der Waals surface area contributed by atoms with Crippen molar-refractivity contribution in [2.24, 2.45) is 0 Å². The van der Waals surface area contributed by atoms with Gasteiger partial charge in [-0.05, 0) is 19.3 Å². The van der Waals surface area contributed by atoms with Gasteiger partial charge in [0, 0.05) is 43.7 Å². The van der Waals surface area contributed by atoms with E-state index >= 15 is 0 Å². The van der Waals surface area contributed by atoms with Crippen LogP contribution in [0.25, 0.3) is 0 Å². The Morgan fingerprint density at radius 3 is 2.52 bits per heavy atom. The summed E-state index contributed by atoms with van der Waals surface area (Å²) in [4.78, 5) is 17.2. The second kappa shape index (κ2) is 6.63. The normalized spacial score (nSPS) is 21.6. The van der Waals surface area contributed by atoms with E-state index in [9.17, 15) is 4.79 Å². The zero-order valence-corrected chi connectivity index (χ0v) is 14.7. The zero-order chi connectivity index (χ0) is 16.4. The van der Waals surface area contributed by atoms with Crippen molar-refractivity contribution in [1.82, 2.24) is 15.0 Å². The number of carbonyl (C=O) groups excluding carboxylic acids is 1. The molecule has 5 heteroatoms. The second-order valence-electron chi connectivity index (χ2n) is 7.95. The molecule has 2 aliphatic rings. The van der Waals surface area contributed by atoms with E-state index in [1.807, 2.05) is 11.0 Å². The second-order valence-corrected chi connectivity index (χ2v) is 7.95. The largest absolute Gasteiger partial charge is 0.360 e. The minimum Gasteiger partial charge on any atom is -0.360 e. The lowest BCUT2D eigenvalue weighted by Crippen LogP contribution is -2.38. The Kier molecular flexibility index (Phi) is 4.76. The van der Waals surface area contributed by atoms with Crippen LogP contribution in [0.15, 0.2) is 10.6 Å². The Bertz CT molecular complexity index is 541. The van der Waals surface area contributed by atoms with Crippen LogP contribution in [-0.2, 0) is 5.41 Å². The fourth-order valence-electron chi connectivity index (χ4n) is 3.67. The number of hydrogen-bond donors (Lipinski definition) is 0. The lowest BCUT2D eigenvalue weighted by atomic mass is 9.93. The number of amides is 1. The molecule has 1 aliphatic carbocycles. The van der Waals surface area contributed by atoms with Gasteiger partial charge in [0.25, 0.3) is 5.91 Å². The fourth-order valence-corrected chi connectivity index (χ4v) is 3.67. The van der Waals surface area contributed by atoms with Crippen molar-refractivity contribution in [2.75, 3.05) is 26.2 Å². The van der Waals surface area contributed by atoms with Crippen LogP contribution in [0.3, 0.4) is 0 Å². The highest BCUT2D eigenvalue weighted by Gasteiger charge is 2.28. The van der Waals surface area contributed by atoms with Crippen LogP contribution < -0.4 is 0 Å². The summed E-state index contributed by atoms with van der Waals surface area (Å²) in [5.41, 5.74) is 0.327. The average molecular weight is 319 g/mol. The van der Waals surface area contributed by atoms with Crippen LogP contribution >= 0.6 is 0 Å². The lowest BCUT2D eigenvalue weighted by molar-refractivity contribution is 0.0747. The summed E-state index contributed by atoms with van der Waals surface area (Å²) in [6.45, 7) is 9.90. The smallest absolute Gasteiger partial charge is 0.276 e. The van der Waals surface area contributed by atoms with Gasteiger partial charge in [0.2, 0.25) is 0 Å². The summed E-state index contributed by atoms with van der Waals surface area (Å²) in [6, 6.07) is 2.55. The maximum absolute atomic E-state index is 12.7. The molecule has 1 aromatic heterocycles. The average Bonchev–Trinajstić information content (AvgIpc) is 3.14. The number of carbonyl (C=O) groups is 1. The molecule has 0 spiro atoms. The van der Waals surface area contributed by atoms with Crippen molar-refractivity contribution in [3.63, 3.8) is 0 Å². The first-order valence-corrected chi connectivity index (χ1v) is 8.95. The summed E-state index contributed by atoms with van der Waals surface area (Å²) in [7, 11) is 0. The summed E-state index contributed by atoms with van der Waals surface area (Å²) in [6.07, 6.45) is 6.42. The molecule has 0 aromatic carbocycles. The third-order valence-corrected chi connectivity index (χ3v) is 5.13. The molecule has 0 atom stereocenters. The molecular formula is C18H29N3O2. The van der Waals surface area contributed by atoms with Crippen molar-refractivity contribution < 1.29 is 9.32 Å². The molecule has 3 rings (SSSR count). The monoisotopic (exact) mass is 319 g/mol. The number of nitrogens with zero attached hydrogens (tertiary/aromatic N) is 3. The van der Waals surface area contributed by atoms with E-state index < -0.39 is 0 Å². The Morgan fingerprint density at radius 1 is 1.13 bits per heavy atom. The Hall–Kier alpha value is -1.36. The molecule has 0 radical (unpaired) electrons. The van der Waals surface area contributed by atoms with Crippen LogP contribution in [0, 0.1) is 0 Å². The van der Waals surface area contributed by atoms with Crippen LogP contribution in [0.5, 0.6) is 0 Å². The van der Waals surface area contributed by atoms with E-state index in [1.165, 1.54) is 25.7 Å². The molecule has 0 N–H and O–H groups in total. The highest BCUT2D eigenvalue weighted by molar-refractivity contribution is 5.92. The van der Waals surface area contributed by atoms with Gasteiger partial charge in [-0.1, -0.05) is 38.8 Å². The van der Waals surface area contributed by atoms with Crippen LogP contribution in [0.4, 0.5) is 0 Å². The molecule has 5 nitrogen and oxygen atoms in total. The number of aromatic nitrogens is 1. The summed E-state index contributed by atoms with van der Waals surface area (Å²) >= 11 is 0. The third-order valence-electron chi connectivity index (χ3n) is 5.13. The summed E-state index contributed by atoms with van der Waals surface area (Å²) < 4.78 is 5.37. The minimum absolute atomic E-state index is 0.0116. The van der Waals surface area contributed by atoms with Crippen molar-refractivity contribution in [1.29, 1.82) is 0 Å². The summed E-state index contributed by atoms with van der Waals surface area (Å²) in [5, 5.41) is 4.01. The molecule has 0 unspecified atom stereocenters. The maximum atomic E-state index is 12.7. The van der Waals surface area contributed by atoms with Crippen molar-refractivity contribution in [3.05, 3.63) is 17.5 Å². The van der Waals surface area contributed by atoms with Gasteiger partial charge in [-0.3, -0.25) is 9.69 Å². The van der Waals surface area contributed by atoms with E-state index in [2.05, 4.69) is 30.8 Å². The van der Waals surface area contributed by atoms with Gasteiger partial charge in [-0.2, -0.15) is 0 Å². The molecule has 1 aliphatic heterocycles. The van der Waals surface area contributed by atoms with Gasteiger partial charge >= 0.3 is 0 Å². The van der Waals surface area contributed by atoms with E-state index in [1.54, 1.807) is 0 Å². The highest BCUT2D eigenvalue weighted by Crippen LogP contribution is 2.25. The van der Waals surface area contributed by atoms with Crippen molar-refractivity contribution >= 4 is 5.91 Å². The Balaban J connectivity index is 1.62. The maximum Gasteiger partial charge on any atom is 0.276 e. The first-order chi connectivity index (χ1) is 10.9. The van der Waals surface area contributed by atoms with Gasteiger partial charge in [-0.25, -0.2) is 0 Å². The molecule has 0 bridgehead atoms. The van der Waals surface area contributed by atoms with Crippen LogP contribution in [0.2, 0.25) is 0 Å². The first-order valence-electron chi connectivity index (χ1n) is 8.95. The summed E-state index contributed by atoms with van der Waals surface area (Å²) in [5.74, 6) is 0.778. The van der Waals surface area contributed by atoms with Crippen LogP contribution in [-0.4, -0.2) is 53.1 Å². The zero-order valence-electron chi connectivity index (χ0n) is 14.7. The van der Waals surface area contributed by atoms with E-state index in [4.69, 9.17) is 4.52 Å². The van der Waals surface area contributed by atoms with Crippen molar-refractivity contribution in [2.45, 2.75) is 64.3 Å². The predicted molar refractivity (Wildman–Crippen MR) is 89.6 cm³/mol. The standard InChI is InChI=1S/C18H29N3O2/c1-18(2,3)16-13-15(19-23-16)17(22)21-10-6-9-20(11-12-21)14-7-4-5-8-14/h13-14H,4-12H2,1-3H3. The first kappa shape index (κ1) is 16.5. The third kappa shape index (κ3) is 3.77. The van der Waals surface area contributed by atoms with Gasteiger partial charge in [0.1, 0.15) is 5.76 Å². The Morgan fingerprint density at radius 2 is 1.87 bits per heavy atom. The van der Waals surface area contributed by atoms with Gasteiger partial charge < -0.3 is 9.42 Å².